The molecule has 0 aliphatic heterocycles. The summed E-state index contributed by atoms with van der Waals surface area (Å²) in [5.74, 6) is 0. The lowest BCUT2D eigenvalue weighted by atomic mass is 10.4. The van der Waals surface area contributed by atoms with Gasteiger partial charge in [0.05, 0.1) is 0 Å². The lowest BCUT2D eigenvalue weighted by Gasteiger charge is -1.75. The van der Waals surface area contributed by atoms with E-state index in [1.165, 1.54) is 0 Å². The van der Waals surface area contributed by atoms with E-state index >= 15 is 0 Å². The minimum absolute atomic E-state index is 1.03. The molecular formula is C5H8S. The minimum atomic E-state index is 1.03. The van der Waals surface area contributed by atoms with Gasteiger partial charge in [-0.2, -0.15) is 12.6 Å². The normalized spacial score (nSPS) is 9.67. The summed E-state index contributed by atoms with van der Waals surface area (Å²) in [6.45, 7) is 5.53. The van der Waals surface area contributed by atoms with Crippen molar-refractivity contribution in [2.45, 2.75) is 6.92 Å². The van der Waals surface area contributed by atoms with E-state index < -0.39 is 0 Å². The zero-order valence-corrected chi connectivity index (χ0v) is 4.70. The summed E-state index contributed by atoms with van der Waals surface area (Å²) in [7, 11) is 0. The van der Waals surface area contributed by atoms with Gasteiger partial charge in [0, 0.05) is 0 Å². The predicted molar refractivity (Wildman–Crippen MR) is 32.9 cm³/mol. The molecule has 0 aromatic rings. The van der Waals surface area contributed by atoms with E-state index in [9.17, 15) is 0 Å². The SMILES string of the molecule is C=C(C)/C=C\S. The Morgan fingerprint density at radius 2 is 2.33 bits per heavy atom. The zero-order chi connectivity index (χ0) is 4.99. The van der Waals surface area contributed by atoms with Crippen LogP contribution in [0, 0.1) is 0 Å². The van der Waals surface area contributed by atoms with Crippen molar-refractivity contribution in [3.63, 3.8) is 0 Å². The Hall–Kier alpha value is -0.170. The van der Waals surface area contributed by atoms with Crippen molar-refractivity contribution < 1.29 is 0 Å². The van der Waals surface area contributed by atoms with Gasteiger partial charge in [0.25, 0.3) is 0 Å². The molecule has 0 heterocycles. The maximum absolute atomic E-state index is 3.82. The molecule has 0 bridgehead atoms. The molecule has 0 fully saturated rings. The summed E-state index contributed by atoms with van der Waals surface area (Å²) in [6, 6.07) is 0. The van der Waals surface area contributed by atoms with Gasteiger partial charge in [0.2, 0.25) is 0 Å². The Kier molecular flexibility index (Phi) is 2.95. The number of hydrogen-bond acceptors (Lipinski definition) is 1. The summed E-state index contributed by atoms with van der Waals surface area (Å²) in [4.78, 5) is 0. The molecule has 0 atom stereocenters. The average molecular weight is 100 g/mol. The van der Waals surface area contributed by atoms with Gasteiger partial charge in [-0.3, -0.25) is 0 Å². The van der Waals surface area contributed by atoms with Crippen LogP contribution in [0.25, 0.3) is 0 Å². The fourth-order valence-corrected chi connectivity index (χ4v) is 0.382. The first-order chi connectivity index (χ1) is 2.77. The summed E-state index contributed by atoms with van der Waals surface area (Å²) in [5.41, 5.74) is 1.03. The van der Waals surface area contributed by atoms with Crippen LogP contribution in [0.2, 0.25) is 0 Å². The Morgan fingerprint density at radius 3 is 2.33 bits per heavy atom. The molecule has 0 N–H and O–H groups in total. The predicted octanol–water partition coefficient (Wildman–Crippen LogP) is 2.01. The van der Waals surface area contributed by atoms with Crippen LogP contribution in [0.15, 0.2) is 23.6 Å². The third-order valence-corrected chi connectivity index (χ3v) is 0.508. The zero-order valence-electron chi connectivity index (χ0n) is 3.81. The maximum atomic E-state index is 3.82. The van der Waals surface area contributed by atoms with Crippen molar-refractivity contribution in [2.24, 2.45) is 0 Å². The minimum Gasteiger partial charge on any atom is -0.151 e. The van der Waals surface area contributed by atoms with E-state index in [1.807, 2.05) is 13.0 Å². The standard InChI is InChI=1S/C5H8S/c1-5(2)3-4-6/h3-4,6H,1H2,2H3/b4-3-. The number of rotatable bonds is 1. The maximum Gasteiger partial charge on any atom is -0.0322 e. The van der Waals surface area contributed by atoms with Gasteiger partial charge < -0.3 is 0 Å². The number of allylic oxidation sites excluding steroid dienone is 2. The first-order valence-corrected chi connectivity index (χ1v) is 2.25. The number of hydrogen-bond donors (Lipinski definition) is 1. The summed E-state index contributed by atoms with van der Waals surface area (Å²) >= 11 is 3.82. The van der Waals surface area contributed by atoms with E-state index in [1.54, 1.807) is 5.41 Å². The van der Waals surface area contributed by atoms with E-state index in [-0.39, 0.29) is 0 Å². The molecule has 0 rings (SSSR count). The summed E-state index contributed by atoms with van der Waals surface area (Å²) in [6.07, 6.45) is 1.84. The molecule has 1 heteroatoms. The molecule has 34 valence electrons. The highest BCUT2D eigenvalue weighted by atomic mass is 32.1. The van der Waals surface area contributed by atoms with Crippen molar-refractivity contribution in [3.05, 3.63) is 23.6 Å². The topological polar surface area (TPSA) is 0 Å². The van der Waals surface area contributed by atoms with Crippen LogP contribution in [0.3, 0.4) is 0 Å². The van der Waals surface area contributed by atoms with Gasteiger partial charge in [-0.15, -0.1) is 0 Å². The molecule has 0 aromatic heterocycles. The lowest BCUT2D eigenvalue weighted by molar-refractivity contribution is 1.58. The molecular weight excluding hydrogens is 92.1 g/mol. The van der Waals surface area contributed by atoms with Gasteiger partial charge in [-0.1, -0.05) is 18.2 Å². The highest BCUT2D eigenvalue weighted by Gasteiger charge is 1.64. The molecule has 0 aromatic carbocycles. The first-order valence-electron chi connectivity index (χ1n) is 1.73. The van der Waals surface area contributed by atoms with E-state index in [0.29, 0.717) is 0 Å². The Balaban J connectivity index is 3.30. The molecule has 0 saturated heterocycles. The van der Waals surface area contributed by atoms with Crippen LogP contribution in [-0.2, 0) is 0 Å². The molecule has 0 amide bonds. The fourth-order valence-electron chi connectivity index (χ4n) is 0.127. The van der Waals surface area contributed by atoms with Gasteiger partial charge >= 0.3 is 0 Å². The van der Waals surface area contributed by atoms with Gasteiger partial charge in [0.15, 0.2) is 0 Å². The summed E-state index contributed by atoms with van der Waals surface area (Å²) < 4.78 is 0. The molecule has 0 spiro atoms. The second-order valence-electron chi connectivity index (χ2n) is 1.16. The van der Waals surface area contributed by atoms with Gasteiger partial charge in [-0.05, 0) is 12.3 Å². The summed E-state index contributed by atoms with van der Waals surface area (Å²) in [5, 5.41) is 1.67. The van der Waals surface area contributed by atoms with Crippen molar-refractivity contribution in [3.8, 4) is 0 Å². The van der Waals surface area contributed by atoms with Crippen molar-refractivity contribution in [1.82, 2.24) is 0 Å². The van der Waals surface area contributed by atoms with E-state index in [4.69, 9.17) is 0 Å². The van der Waals surface area contributed by atoms with Crippen LogP contribution in [0.4, 0.5) is 0 Å². The Labute approximate surface area is 44.0 Å². The Bertz CT molecular complexity index is 72.0. The van der Waals surface area contributed by atoms with Crippen LogP contribution in [0.1, 0.15) is 6.92 Å². The van der Waals surface area contributed by atoms with Gasteiger partial charge in [-0.25, -0.2) is 0 Å². The van der Waals surface area contributed by atoms with Crippen LogP contribution >= 0.6 is 12.6 Å². The monoisotopic (exact) mass is 100 g/mol. The van der Waals surface area contributed by atoms with Crippen molar-refractivity contribution in [2.75, 3.05) is 0 Å². The molecule has 0 aliphatic rings. The highest BCUT2D eigenvalue weighted by molar-refractivity contribution is 7.83. The van der Waals surface area contributed by atoms with Gasteiger partial charge in [0.1, 0.15) is 0 Å². The molecule has 0 unspecified atom stereocenters. The third-order valence-electron chi connectivity index (χ3n) is 0.359. The van der Waals surface area contributed by atoms with Crippen molar-refractivity contribution >= 4 is 12.6 Å². The fraction of sp³-hybridized carbons (Fsp3) is 0.200. The molecule has 0 radical (unpaired) electrons. The molecule has 0 saturated carbocycles. The molecule has 0 aliphatic carbocycles. The largest absolute Gasteiger partial charge is 0.151 e. The second kappa shape index (κ2) is 3.04. The second-order valence-corrected chi connectivity index (χ2v) is 1.46. The smallest absolute Gasteiger partial charge is 0.0322 e. The van der Waals surface area contributed by atoms with Crippen LogP contribution in [-0.4, -0.2) is 0 Å². The quantitative estimate of drug-likeness (QED) is 0.378. The first kappa shape index (κ1) is 5.83. The Morgan fingerprint density at radius 1 is 1.83 bits per heavy atom. The van der Waals surface area contributed by atoms with Crippen molar-refractivity contribution in [1.29, 1.82) is 0 Å². The third kappa shape index (κ3) is 3.83. The number of thiol groups is 1. The van der Waals surface area contributed by atoms with Crippen LogP contribution in [0.5, 0.6) is 0 Å². The van der Waals surface area contributed by atoms with E-state index in [0.717, 1.165) is 5.57 Å². The van der Waals surface area contributed by atoms with Crippen LogP contribution < -0.4 is 0 Å². The highest BCUT2D eigenvalue weighted by Crippen LogP contribution is 1.88. The molecule has 6 heavy (non-hydrogen) atoms. The lowest BCUT2D eigenvalue weighted by Crippen LogP contribution is -1.53. The van der Waals surface area contributed by atoms with E-state index in [2.05, 4.69) is 19.2 Å². The average Bonchev–Trinajstić information content (AvgIpc) is 1.35. The molecule has 0 nitrogen and oxygen atoms in total.